The Morgan fingerprint density at radius 1 is 1.36 bits per heavy atom. The fraction of sp³-hybridized carbons (Fsp3) is 1.00. The van der Waals surface area contributed by atoms with Crippen LogP contribution in [0.25, 0.3) is 0 Å². The van der Waals surface area contributed by atoms with Crippen LogP contribution in [0, 0.1) is 5.92 Å². The molecule has 14 heavy (non-hydrogen) atoms. The van der Waals surface area contributed by atoms with Crippen molar-refractivity contribution < 1.29 is 5.11 Å². The van der Waals surface area contributed by atoms with Crippen LogP contribution < -0.4 is 5.32 Å². The third kappa shape index (κ3) is 3.95. The normalized spacial score (nSPS) is 23.4. The highest BCUT2D eigenvalue weighted by atomic mass is 16.3. The number of rotatable bonds is 5. The molecule has 0 radical (unpaired) electrons. The molecule has 1 saturated heterocycles. The number of hydrogen-bond donors (Lipinski definition) is 2. The predicted octanol–water partition coefficient (Wildman–Crippen LogP) is 0.689. The Bertz CT molecular complexity index is 144. The maximum atomic E-state index is 9.81. The van der Waals surface area contributed by atoms with Crippen LogP contribution in [0.3, 0.4) is 0 Å². The summed E-state index contributed by atoms with van der Waals surface area (Å²) in [4.78, 5) is 2.43. The maximum absolute atomic E-state index is 9.81. The van der Waals surface area contributed by atoms with Gasteiger partial charge in [0.15, 0.2) is 0 Å². The van der Waals surface area contributed by atoms with Crippen molar-refractivity contribution in [1.82, 2.24) is 10.2 Å². The van der Waals surface area contributed by atoms with E-state index < -0.39 is 0 Å². The second kappa shape index (κ2) is 6.38. The quantitative estimate of drug-likeness (QED) is 0.685. The van der Waals surface area contributed by atoms with Gasteiger partial charge in [0, 0.05) is 32.7 Å². The number of piperazine rings is 1. The highest BCUT2D eigenvalue weighted by Crippen LogP contribution is 2.11. The Morgan fingerprint density at radius 3 is 2.57 bits per heavy atom. The van der Waals surface area contributed by atoms with Gasteiger partial charge < -0.3 is 15.3 Å². The van der Waals surface area contributed by atoms with E-state index in [0.29, 0.717) is 5.92 Å². The van der Waals surface area contributed by atoms with E-state index in [-0.39, 0.29) is 6.10 Å². The third-order valence-corrected chi connectivity index (χ3v) is 3.25. The average Bonchev–Trinajstić information content (AvgIpc) is 2.26. The van der Waals surface area contributed by atoms with E-state index in [1.165, 1.54) is 0 Å². The second-order valence-corrected chi connectivity index (χ2v) is 4.33. The van der Waals surface area contributed by atoms with Crippen LogP contribution in [0.15, 0.2) is 0 Å². The smallest absolute Gasteiger partial charge is 0.0577 e. The molecule has 0 bridgehead atoms. The zero-order chi connectivity index (χ0) is 10.4. The first kappa shape index (κ1) is 12.0. The van der Waals surface area contributed by atoms with Gasteiger partial charge in [-0.15, -0.1) is 0 Å². The van der Waals surface area contributed by atoms with E-state index in [2.05, 4.69) is 24.1 Å². The molecular formula is C11H24N2O. The molecule has 2 unspecified atom stereocenters. The lowest BCUT2D eigenvalue weighted by Crippen LogP contribution is -2.44. The van der Waals surface area contributed by atoms with Gasteiger partial charge >= 0.3 is 0 Å². The molecular weight excluding hydrogens is 176 g/mol. The van der Waals surface area contributed by atoms with Crippen LogP contribution in [-0.4, -0.2) is 48.8 Å². The topological polar surface area (TPSA) is 35.5 Å². The molecule has 0 amide bonds. The van der Waals surface area contributed by atoms with Crippen LogP contribution >= 0.6 is 0 Å². The Hall–Kier alpha value is -0.120. The Balaban J connectivity index is 2.12. The average molecular weight is 200 g/mol. The second-order valence-electron chi connectivity index (χ2n) is 4.33. The van der Waals surface area contributed by atoms with Gasteiger partial charge in [-0.05, 0) is 12.3 Å². The summed E-state index contributed by atoms with van der Waals surface area (Å²) in [7, 11) is 0. The van der Waals surface area contributed by atoms with Crippen LogP contribution in [-0.2, 0) is 0 Å². The standard InChI is InChI=1S/C11H24N2O/c1-3-10(2)11(14)4-7-13-8-5-12-6-9-13/h10-12,14H,3-9H2,1-2H3. The van der Waals surface area contributed by atoms with Crippen molar-refractivity contribution in [3.63, 3.8) is 0 Å². The van der Waals surface area contributed by atoms with Crippen molar-refractivity contribution >= 4 is 0 Å². The van der Waals surface area contributed by atoms with Crippen molar-refractivity contribution in [3.05, 3.63) is 0 Å². The lowest BCUT2D eigenvalue weighted by Gasteiger charge is -2.28. The molecule has 0 aromatic rings. The fourth-order valence-electron chi connectivity index (χ4n) is 1.81. The van der Waals surface area contributed by atoms with E-state index in [0.717, 1.165) is 45.6 Å². The molecule has 2 atom stereocenters. The lowest BCUT2D eigenvalue weighted by atomic mass is 9.99. The largest absolute Gasteiger partial charge is 0.393 e. The Labute approximate surface area is 87.5 Å². The van der Waals surface area contributed by atoms with Gasteiger partial charge in [-0.1, -0.05) is 20.3 Å². The van der Waals surface area contributed by atoms with Gasteiger partial charge in [0.1, 0.15) is 0 Å². The number of aliphatic hydroxyl groups excluding tert-OH is 1. The van der Waals surface area contributed by atoms with E-state index in [9.17, 15) is 5.11 Å². The van der Waals surface area contributed by atoms with E-state index in [1.807, 2.05) is 0 Å². The Morgan fingerprint density at radius 2 is 2.00 bits per heavy atom. The third-order valence-electron chi connectivity index (χ3n) is 3.25. The first-order valence-corrected chi connectivity index (χ1v) is 5.85. The summed E-state index contributed by atoms with van der Waals surface area (Å²) in [5.41, 5.74) is 0. The predicted molar refractivity (Wildman–Crippen MR) is 59.4 cm³/mol. The lowest BCUT2D eigenvalue weighted by molar-refractivity contribution is 0.0882. The van der Waals surface area contributed by atoms with Crippen molar-refractivity contribution in [2.24, 2.45) is 5.92 Å². The molecule has 0 aromatic heterocycles. The van der Waals surface area contributed by atoms with Crippen molar-refractivity contribution in [2.75, 3.05) is 32.7 Å². The van der Waals surface area contributed by atoms with E-state index in [4.69, 9.17) is 0 Å². The minimum absolute atomic E-state index is 0.116. The number of nitrogens with zero attached hydrogens (tertiary/aromatic N) is 1. The van der Waals surface area contributed by atoms with Crippen LogP contribution in [0.5, 0.6) is 0 Å². The summed E-state index contributed by atoms with van der Waals surface area (Å²) in [5, 5.41) is 13.1. The summed E-state index contributed by atoms with van der Waals surface area (Å²) in [5.74, 6) is 0.443. The zero-order valence-corrected chi connectivity index (χ0v) is 9.50. The highest BCUT2D eigenvalue weighted by Gasteiger charge is 2.15. The summed E-state index contributed by atoms with van der Waals surface area (Å²) >= 11 is 0. The maximum Gasteiger partial charge on any atom is 0.0577 e. The first-order valence-electron chi connectivity index (χ1n) is 5.85. The Kier molecular flexibility index (Phi) is 5.45. The van der Waals surface area contributed by atoms with Crippen LogP contribution in [0.2, 0.25) is 0 Å². The summed E-state index contributed by atoms with van der Waals surface area (Å²) in [6.45, 7) is 9.77. The number of hydrogen-bond acceptors (Lipinski definition) is 3. The molecule has 0 saturated carbocycles. The van der Waals surface area contributed by atoms with Gasteiger partial charge in [-0.25, -0.2) is 0 Å². The highest BCUT2D eigenvalue weighted by molar-refractivity contribution is 4.70. The summed E-state index contributed by atoms with van der Waals surface area (Å²) < 4.78 is 0. The molecule has 84 valence electrons. The molecule has 1 aliphatic heterocycles. The summed E-state index contributed by atoms with van der Waals surface area (Å²) in [6, 6.07) is 0. The minimum Gasteiger partial charge on any atom is -0.393 e. The fourth-order valence-corrected chi connectivity index (χ4v) is 1.81. The SMILES string of the molecule is CCC(C)C(O)CCN1CCNCC1. The first-order chi connectivity index (χ1) is 6.74. The van der Waals surface area contributed by atoms with Crippen LogP contribution in [0.1, 0.15) is 26.7 Å². The monoisotopic (exact) mass is 200 g/mol. The number of aliphatic hydroxyl groups is 1. The molecule has 0 aliphatic carbocycles. The molecule has 3 nitrogen and oxygen atoms in total. The van der Waals surface area contributed by atoms with Crippen molar-refractivity contribution in [2.45, 2.75) is 32.8 Å². The van der Waals surface area contributed by atoms with Gasteiger partial charge in [0.25, 0.3) is 0 Å². The molecule has 3 heteroatoms. The van der Waals surface area contributed by atoms with E-state index in [1.54, 1.807) is 0 Å². The van der Waals surface area contributed by atoms with Crippen LogP contribution in [0.4, 0.5) is 0 Å². The zero-order valence-electron chi connectivity index (χ0n) is 9.50. The van der Waals surface area contributed by atoms with Crippen molar-refractivity contribution in [1.29, 1.82) is 0 Å². The molecule has 1 rings (SSSR count). The number of nitrogens with one attached hydrogen (secondary N) is 1. The van der Waals surface area contributed by atoms with Gasteiger partial charge in [0.05, 0.1) is 6.10 Å². The van der Waals surface area contributed by atoms with E-state index >= 15 is 0 Å². The molecule has 0 aromatic carbocycles. The van der Waals surface area contributed by atoms with Crippen molar-refractivity contribution in [3.8, 4) is 0 Å². The molecule has 2 N–H and O–H groups in total. The molecule has 1 heterocycles. The van der Waals surface area contributed by atoms with Gasteiger partial charge in [-0.2, -0.15) is 0 Å². The minimum atomic E-state index is -0.116. The molecule has 1 fully saturated rings. The van der Waals surface area contributed by atoms with Gasteiger partial charge in [0.2, 0.25) is 0 Å². The molecule has 1 aliphatic rings. The summed E-state index contributed by atoms with van der Waals surface area (Å²) in [6.07, 6.45) is 1.88. The van der Waals surface area contributed by atoms with Gasteiger partial charge in [-0.3, -0.25) is 0 Å². The molecule has 0 spiro atoms.